The fourth-order valence-corrected chi connectivity index (χ4v) is 3.78. The minimum Gasteiger partial charge on any atom is -0.494 e. The van der Waals surface area contributed by atoms with Crippen LogP contribution in [-0.4, -0.2) is 25.1 Å². The van der Waals surface area contributed by atoms with Gasteiger partial charge >= 0.3 is 0 Å². The van der Waals surface area contributed by atoms with Crippen molar-refractivity contribution in [3.8, 4) is 11.8 Å². The van der Waals surface area contributed by atoms with Gasteiger partial charge in [0.2, 0.25) is 0 Å². The highest BCUT2D eigenvalue weighted by atomic mass is 16.5. The van der Waals surface area contributed by atoms with E-state index in [1.165, 1.54) is 5.57 Å². The summed E-state index contributed by atoms with van der Waals surface area (Å²) in [6.07, 6.45) is 3.90. The average Bonchev–Trinajstić information content (AvgIpc) is 2.72. The molecule has 1 amide bonds. The lowest BCUT2D eigenvalue weighted by molar-refractivity contribution is -0.112. The van der Waals surface area contributed by atoms with E-state index in [1.807, 2.05) is 19.9 Å². The molecule has 1 aliphatic rings. The number of rotatable bonds is 5. The Bertz CT molecular complexity index is 1100. The normalized spacial score (nSPS) is 14.9. The zero-order valence-corrected chi connectivity index (χ0v) is 19.0. The third-order valence-electron chi connectivity index (χ3n) is 5.69. The lowest BCUT2D eigenvalue weighted by Crippen LogP contribution is -2.42. The Balaban J connectivity index is 1.90. The smallest absolute Gasteiger partial charge is 0.266 e. The number of benzene rings is 2. The van der Waals surface area contributed by atoms with Crippen LogP contribution in [0.2, 0.25) is 0 Å². The van der Waals surface area contributed by atoms with Gasteiger partial charge in [-0.1, -0.05) is 6.08 Å². The minimum atomic E-state index is -0.436. The Hall–Kier alpha value is -3.52. The molecule has 160 valence electrons. The van der Waals surface area contributed by atoms with Gasteiger partial charge in [-0.3, -0.25) is 4.79 Å². The van der Waals surface area contributed by atoms with Crippen LogP contribution in [-0.2, 0) is 4.79 Å². The third-order valence-corrected chi connectivity index (χ3v) is 5.69. The van der Waals surface area contributed by atoms with Gasteiger partial charge in [0.1, 0.15) is 17.4 Å². The molecular formula is C26H29N3O2. The number of amides is 1. The van der Waals surface area contributed by atoms with Crippen LogP contribution in [0.3, 0.4) is 0 Å². The van der Waals surface area contributed by atoms with Crippen LogP contribution in [0.15, 0.2) is 48.0 Å². The van der Waals surface area contributed by atoms with E-state index >= 15 is 0 Å². The number of fused-ring (bicyclic) bond motifs is 1. The molecule has 0 unspecified atom stereocenters. The van der Waals surface area contributed by atoms with Gasteiger partial charge < -0.3 is 15.0 Å². The first kappa shape index (κ1) is 22.2. The second kappa shape index (κ2) is 8.69. The van der Waals surface area contributed by atoms with E-state index in [-0.39, 0.29) is 11.1 Å². The number of aryl methyl sites for hydroxylation is 1. The van der Waals surface area contributed by atoms with Crippen molar-refractivity contribution in [2.75, 3.05) is 23.9 Å². The second-order valence-corrected chi connectivity index (χ2v) is 8.35. The van der Waals surface area contributed by atoms with Crippen LogP contribution in [0.5, 0.6) is 5.75 Å². The van der Waals surface area contributed by atoms with E-state index in [0.29, 0.717) is 12.3 Å². The third kappa shape index (κ3) is 4.64. The monoisotopic (exact) mass is 415 g/mol. The zero-order valence-electron chi connectivity index (χ0n) is 19.0. The lowest BCUT2D eigenvalue weighted by Gasteiger charge is -2.41. The first-order valence-electron chi connectivity index (χ1n) is 10.4. The van der Waals surface area contributed by atoms with E-state index in [9.17, 15) is 10.1 Å². The molecular weight excluding hydrogens is 386 g/mol. The van der Waals surface area contributed by atoms with E-state index in [2.05, 4.69) is 56.2 Å². The molecule has 0 radical (unpaired) electrons. The molecule has 5 heteroatoms. The highest BCUT2D eigenvalue weighted by Crippen LogP contribution is 2.39. The lowest BCUT2D eigenvalue weighted by atomic mass is 9.87. The molecule has 0 saturated heterocycles. The predicted octanol–water partition coefficient (Wildman–Crippen LogP) is 5.57. The maximum atomic E-state index is 12.7. The molecule has 0 atom stereocenters. The first-order chi connectivity index (χ1) is 14.7. The largest absolute Gasteiger partial charge is 0.494 e. The average molecular weight is 416 g/mol. The number of allylic oxidation sites excluding steroid dienone is 1. The number of ether oxygens (including phenoxy) is 1. The standard InChI is InChI=1S/C26H29N3O2/c1-7-31-22-10-8-21(9-11-22)28-25(30)20(16-27)13-19-14-23-18(3)15-26(4,5)29(6)24(23)12-17(19)2/h8-15H,7H2,1-6H3,(H,28,30)/b20-13+. The topological polar surface area (TPSA) is 65.4 Å². The number of nitriles is 1. The summed E-state index contributed by atoms with van der Waals surface area (Å²) in [5.41, 5.74) is 5.92. The molecule has 0 spiro atoms. The van der Waals surface area contributed by atoms with Crippen LogP contribution in [0.25, 0.3) is 11.6 Å². The minimum absolute atomic E-state index is 0.0584. The van der Waals surface area contributed by atoms with E-state index in [0.717, 1.165) is 28.1 Å². The van der Waals surface area contributed by atoms with Crippen molar-refractivity contribution in [1.82, 2.24) is 0 Å². The number of carbonyl (C=O) groups is 1. The quantitative estimate of drug-likeness (QED) is 0.512. The molecule has 5 nitrogen and oxygen atoms in total. The fraction of sp³-hybridized carbons (Fsp3) is 0.308. The van der Waals surface area contributed by atoms with E-state index < -0.39 is 5.91 Å². The number of nitrogens with zero attached hydrogens (tertiary/aromatic N) is 2. The van der Waals surface area contributed by atoms with Gasteiger partial charge in [-0.15, -0.1) is 0 Å². The Morgan fingerprint density at radius 2 is 1.90 bits per heavy atom. The van der Waals surface area contributed by atoms with Crippen LogP contribution in [0.4, 0.5) is 11.4 Å². The summed E-state index contributed by atoms with van der Waals surface area (Å²) in [6.45, 7) is 11.0. The number of hydrogen-bond acceptors (Lipinski definition) is 4. The van der Waals surface area contributed by atoms with Gasteiger partial charge in [-0.25, -0.2) is 0 Å². The maximum Gasteiger partial charge on any atom is 0.266 e. The Labute approximate surface area is 184 Å². The van der Waals surface area contributed by atoms with Crippen LogP contribution in [0.1, 0.15) is 44.4 Å². The van der Waals surface area contributed by atoms with Crippen molar-refractivity contribution in [2.24, 2.45) is 0 Å². The summed E-state index contributed by atoms with van der Waals surface area (Å²) in [5.74, 6) is 0.298. The summed E-state index contributed by atoms with van der Waals surface area (Å²) in [5, 5.41) is 12.4. The fourth-order valence-electron chi connectivity index (χ4n) is 3.78. The van der Waals surface area contributed by atoms with Crippen molar-refractivity contribution in [1.29, 1.82) is 5.26 Å². The maximum absolute atomic E-state index is 12.7. The van der Waals surface area contributed by atoms with Crippen LogP contribution in [0, 0.1) is 18.3 Å². The molecule has 0 aliphatic carbocycles. The van der Waals surface area contributed by atoms with Gasteiger partial charge in [0.15, 0.2) is 0 Å². The van der Waals surface area contributed by atoms with Crippen LogP contribution >= 0.6 is 0 Å². The Kier molecular flexibility index (Phi) is 6.21. The summed E-state index contributed by atoms with van der Waals surface area (Å²) in [7, 11) is 2.09. The summed E-state index contributed by atoms with van der Waals surface area (Å²) in [4.78, 5) is 15.0. The number of anilines is 2. The predicted molar refractivity (Wildman–Crippen MR) is 127 cm³/mol. The molecule has 1 aliphatic heterocycles. The number of carbonyl (C=O) groups excluding carboxylic acids is 1. The molecule has 2 aromatic carbocycles. The number of hydrogen-bond donors (Lipinski definition) is 1. The molecule has 0 aromatic heterocycles. The molecule has 31 heavy (non-hydrogen) atoms. The van der Waals surface area contributed by atoms with Crippen LogP contribution < -0.4 is 15.0 Å². The molecule has 1 N–H and O–H groups in total. The highest BCUT2D eigenvalue weighted by molar-refractivity contribution is 6.09. The SMILES string of the molecule is CCOc1ccc(NC(=O)/C(C#N)=C/c2cc3c(cc2C)N(C)C(C)(C)C=C3C)cc1. The molecule has 2 aromatic rings. The summed E-state index contributed by atoms with van der Waals surface area (Å²) < 4.78 is 5.42. The molecule has 0 bridgehead atoms. The molecule has 0 fully saturated rings. The van der Waals surface area contributed by atoms with Gasteiger partial charge in [-0.05, 0) is 93.8 Å². The van der Waals surface area contributed by atoms with Gasteiger partial charge in [0.05, 0.1) is 12.1 Å². The first-order valence-corrected chi connectivity index (χ1v) is 10.4. The zero-order chi connectivity index (χ0) is 22.8. The summed E-state index contributed by atoms with van der Waals surface area (Å²) in [6, 6.07) is 13.3. The van der Waals surface area contributed by atoms with E-state index in [4.69, 9.17) is 4.74 Å². The molecule has 1 heterocycles. The number of likely N-dealkylation sites (N-methyl/N-ethyl adjacent to an activating group) is 1. The molecule has 0 saturated carbocycles. The Morgan fingerprint density at radius 3 is 2.52 bits per heavy atom. The van der Waals surface area contributed by atoms with Crippen molar-refractivity contribution < 1.29 is 9.53 Å². The van der Waals surface area contributed by atoms with Crippen molar-refractivity contribution in [3.05, 3.63) is 64.7 Å². The van der Waals surface area contributed by atoms with Gasteiger partial charge in [-0.2, -0.15) is 5.26 Å². The highest BCUT2D eigenvalue weighted by Gasteiger charge is 2.28. The van der Waals surface area contributed by atoms with Crippen molar-refractivity contribution in [3.63, 3.8) is 0 Å². The molecule has 3 rings (SSSR count). The van der Waals surface area contributed by atoms with Gasteiger partial charge in [0.25, 0.3) is 5.91 Å². The van der Waals surface area contributed by atoms with Crippen molar-refractivity contribution >= 4 is 28.9 Å². The van der Waals surface area contributed by atoms with E-state index in [1.54, 1.807) is 30.3 Å². The van der Waals surface area contributed by atoms with Gasteiger partial charge in [0, 0.05) is 24.0 Å². The second-order valence-electron chi connectivity index (χ2n) is 8.35. The summed E-state index contributed by atoms with van der Waals surface area (Å²) >= 11 is 0. The Morgan fingerprint density at radius 1 is 1.23 bits per heavy atom. The van der Waals surface area contributed by atoms with Crippen molar-refractivity contribution in [2.45, 2.75) is 40.2 Å². The number of nitrogens with one attached hydrogen (secondary N) is 1.